The quantitative estimate of drug-likeness (QED) is 0.655. The van der Waals surface area contributed by atoms with E-state index >= 15 is 0 Å². The molecular weight excluding hydrogens is 138 g/mol. The smallest absolute Gasteiger partial charge is 0.138 e. The van der Waals surface area contributed by atoms with Crippen molar-refractivity contribution in [2.45, 2.75) is 33.1 Å². The number of aromatic nitrogens is 3. The van der Waals surface area contributed by atoms with Crippen LogP contribution in [0.3, 0.4) is 0 Å². The van der Waals surface area contributed by atoms with Crippen molar-refractivity contribution >= 4 is 0 Å². The van der Waals surface area contributed by atoms with Crippen molar-refractivity contribution in [3.8, 4) is 0 Å². The lowest BCUT2D eigenvalue weighted by Crippen LogP contribution is -2.01. The summed E-state index contributed by atoms with van der Waals surface area (Å²) in [5.74, 6) is 0. The molecule has 1 rings (SSSR count). The van der Waals surface area contributed by atoms with E-state index < -0.39 is 0 Å². The lowest BCUT2D eigenvalue weighted by molar-refractivity contribution is 0.784. The molecule has 0 atom stereocenters. The fraction of sp³-hybridized carbons (Fsp3) is 0.625. The highest BCUT2D eigenvalue weighted by atomic mass is 15.1. The van der Waals surface area contributed by atoms with Crippen LogP contribution >= 0.6 is 0 Å². The summed E-state index contributed by atoms with van der Waals surface area (Å²) < 4.78 is 0. The highest BCUT2D eigenvalue weighted by molar-refractivity contribution is 5.07. The maximum absolute atomic E-state index is 4.17. The first-order valence-corrected chi connectivity index (χ1v) is 4.03. The molecule has 0 aliphatic heterocycles. The summed E-state index contributed by atoms with van der Waals surface area (Å²) in [6.45, 7) is 4.21. The number of hydrogen-bond acceptors (Lipinski definition) is 3. The van der Waals surface area contributed by atoms with Crippen LogP contribution in [0.4, 0.5) is 0 Å². The monoisotopic (exact) mass is 151 g/mol. The molecule has 1 aromatic heterocycles. The second-order valence-electron chi connectivity index (χ2n) is 2.46. The van der Waals surface area contributed by atoms with E-state index in [2.05, 4.69) is 29.0 Å². The highest BCUT2D eigenvalue weighted by Gasteiger charge is 2.00. The second kappa shape index (κ2) is 4.01. The number of aryl methyl sites for hydroxylation is 2. The lowest BCUT2D eigenvalue weighted by atomic mass is 10.2. The van der Waals surface area contributed by atoms with Crippen LogP contribution < -0.4 is 0 Å². The molecule has 3 nitrogen and oxygen atoms in total. The van der Waals surface area contributed by atoms with Gasteiger partial charge in [0.1, 0.15) is 6.33 Å². The molecule has 0 aliphatic carbocycles. The SMILES string of the molecule is CCCc1ncnnc1CC. The molecule has 0 aliphatic rings. The van der Waals surface area contributed by atoms with Crippen LogP contribution in [0.1, 0.15) is 31.7 Å². The van der Waals surface area contributed by atoms with E-state index in [0.29, 0.717) is 0 Å². The first-order valence-electron chi connectivity index (χ1n) is 4.03. The van der Waals surface area contributed by atoms with Gasteiger partial charge in [-0.2, -0.15) is 5.10 Å². The van der Waals surface area contributed by atoms with E-state index in [0.717, 1.165) is 30.7 Å². The van der Waals surface area contributed by atoms with Crippen molar-refractivity contribution in [3.63, 3.8) is 0 Å². The number of rotatable bonds is 3. The maximum atomic E-state index is 4.17. The predicted molar refractivity (Wildman–Crippen MR) is 43.2 cm³/mol. The van der Waals surface area contributed by atoms with E-state index in [-0.39, 0.29) is 0 Å². The molecule has 0 amide bonds. The van der Waals surface area contributed by atoms with Gasteiger partial charge in [0.25, 0.3) is 0 Å². The first kappa shape index (κ1) is 8.11. The third kappa shape index (κ3) is 1.97. The summed E-state index contributed by atoms with van der Waals surface area (Å²) in [7, 11) is 0. The molecule has 0 N–H and O–H groups in total. The third-order valence-corrected chi connectivity index (χ3v) is 1.60. The minimum atomic E-state index is 0.927. The molecule has 1 aromatic rings. The van der Waals surface area contributed by atoms with Crippen LogP contribution in [-0.4, -0.2) is 15.2 Å². The fourth-order valence-electron chi connectivity index (χ4n) is 1.04. The van der Waals surface area contributed by atoms with Gasteiger partial charge in [0.15, 0.2) is 0 Å². The molecule has 0 fully saturated rings. The Kier molecular flexibility index (Phi) is 2.95. The van der Waals surface area contributed by atoms with Crippen molar-refractivity contribution in [2.24, 2.45) is 0 Å². The van der Waals surface area contributed by atoms with Gasteiger partial charge in [0.2, 0.25) is 0 Å². The van der Waals surface area contributed by atoms with Crippen LogP contribution in [0.15, 0.2) is 6.33 Å². The Bertz CT molecular complexity index is 222. The Balaban J connectivity index is 2.83. The van der Waals surface area contributed by atoms with Gasteiger partial charge in [-0.1, -0.05) is 20.3 Å². The average Bonchev–Trinajstić information content (AvgIpc) is 2.06. The van der Waals surface area contributed by atoms with E-state index in [9.17, 15) is 0 Å². The Labute approximate surface area is 66.9 Å². The van der Waals surface area contributed by atoms with Crippen molar-refractivity contribution in [2.75, 3.05) is 0 Å². The molecule has 0 bridgehead atoms. The Morgan fingerprint density at radius 1 is 1.27 bits per heavy atom. The molecule has 1 heterocycles. The molecule has 60 valence electrons. The highest BCUT2D eigenvalue weighted by Crippen LogP contribution is 2.03. The average molecular weight is 151 g/mol. The van der Waals surface area contributed by atoms with Gasteiger partial charge in [-0.05, 0) is 12.8 Å². The zero-order valence-corrected chi connectivity index (χ0v) is 7.04. The summed E-state index contributed by atoms with van der Waals surface area (Å²) in [5.41, 5.74) is 2.14. The van der Waals surface area contributed by atoms with E-state index in [1.807, 2.05) is 0 Å². The molecule has 0 saturated heterocycles. The van der Waals surface area contributed by atoms with E-state index in [1.165, 1.54) is 6.33 Å². The fourth-order valence-corrected chi connectivity index (χ4v) is 1.04. The molecule has 0 spiro atoms. The summed E-state index contributed by atoms with van der Waals surface area (Å²) in [5, 5.41) is 7.74. The van der Waals surface area contributed by atoms with Crippen LogP contribution in [-0.2, 0) is 12.8 Å². The second-order valence-corrected chi connectivity index (χ2v) is 2.46. The van der Waals surface area contributed by atoms with Gasteiger partial charge in [-0.25, -0.2) is 4.98 Å². The number of hydrogen-bond donors (Lipinski definition) is 0. The van der Waals surface area contributed by atoms with Crippen molar-refractivity contribution in [1.29, 1.82) is 0 Å². The van der Waals surface area contributed by atoms with Crippen LogP contribution in [0.5, 0.6) is 0 Å². The molecule has 0 unspecified atom stereocenters. The summed E-state index contributed by atoms with van der Waals surface area (Å²) >= 11 is 0. The van der Waals surface area contributed by atoms with Gasteiger partial charge in [0.05, 0.1) is 11.4 Å². The largest absolute Gasteiger partial charge is 0.238 e. The summed E-state index contributed by atoms with van der Waals surface area (Å²) in [6.07, 6.45) is 4.57. The zero-order chi connectivity index (χ0) is 8.10. The van der Waals surface area contributed by atoms with Gasteiger partial charge in [0, 0.05) is 0 Å². The maximum Gasteiger partial charge on any atom is 0.138 e. The molecule has 0 radical (unpaired) electrons. The van der Waals surface area contributed by atoms with E-state index in [1.54, 1.807) is 0 Å². The topological polar surface area (TPSA) is 38.7 Å². The van der Waals surface area contributed by atoms with Gasteiger partial charge in [-0.3, -0.25) is 0 Å². The van der Waals surface area contributed by atoms with Crippen LogP contribution in [0, 0.1) is 0 Å². The van der Waals surface area contributed by atoms with Gasteiger partial charge < -0.3 is 0 Å². The zero-order valence-electron chi connectivity index (χ0n) is 7.04. The van der Waals surface area contributed by atoms with Crippen molar-refractivity contribution in [1.82, 2.24) is 15.2 Å². The number of nitrogens with zero attached hydrogens (tertiary/aromatic N) is 3. The van der Waals surface area contributed by atoms with Gasteiger partial charge in [-0.15, -0.1) is 5.10 Å². The summed E-state index contributed by atoms with van der Waals surface area (Å²) in [4.78, 5) is 4.17. The van der Waals surface area contributed by atoms with Crippen molar-refractivity contribution < 1.29 is 0 Å². The molecular formula is C8H13N3. The molecule has 3 heteroatoms. The Morgan fingerprint density at radius 2 is 2.09 bits per heavy atom. The molecule has 11 heavy (non-hydrogen) atoms. The lowest BCUT2D eigenvalue weighted by Gasteiger charge is -2.00. The first-order chi connectivity index (χ1) is 5.38. The predicted octanol–water partition coefficient (Wildman–Crippen LogP) is 1.39. The minimum absolute atomic E-state index is 0.927. The Morgan fingerprint density at radius 3 is 2.73 bits per heavy atom. The molecule has 0 aromatic carbocycles. The molecule has 0 saturated carbocycles. The van der Waals surface area contributed by atoms with Gasteiger partial charge >= 0.3 is 0 Å². The standard InChI is InChI=1S/C8H13N3/c1-3-5-8-7(4-2)11-10-6-9-8/h6H,3-5H2,1-2H3. The Hall–Kier alpha value is -0.990. The normalized spacial score (nSPS) is 10.0. The minimum Gasteiger partial charge on any atom is -0.238 e. The summed E-state index contributed by atoms with van der Waals surface area (Å²) in [6, 6.07) is 0. The van der Waals surface area contributed by atoms with E-state index in [4.69, 9.17) is 0 Å². The van der Waals surface area contributed by atoms with Crippen molar-refractivity contribution in [3.05, 3.63) is 17.7 Å². The van der Waals surface area contributed by atoms with Crippen LogP contribution in [0.25, 0.3) is 0 Å². The third-order valence-electron chi connectivity index (χ3n) is 1.60. The van der Waals surface area contributed by atoms with Crippen LogP contribution in [0.2, 0.25) is 0 Å².